The summed E-state index contributed by atoms with van der Waals surface area (Å²) in [6.45, 7) is 2.63. The molecule has 15 heavy (non-hydrogen) atoms. The third-order valence-corrected chi connectivity index (χ3v) is 2.77. The summed E-state index contributed by atoms with van der Waals surface area (Å²) in [6.07, 6.45) is 1.13. The van der Waals surface area contributed by atoms with Crippen LogP contribution >= 0.6 is 15.9 Å². The van der Waals surface area contributed by atoms with Gasteiger partial charge in [-0.2, -0.15) is 0 Å². The first-order valence-corrected chi connectivity index (χ1v) is 5.54. The number of primary amides is 1. The Morgan fingerprint density at radius 3 is 2.93 bits per heavy atom. The first-order valence-electron chi connectivity index (χ1n) is 4.75. The summed E-state index contributed by atoms with van der Waals surface area (Å²) in [4.78, 5) is 14.8. The van der Waals surface area contributed by atoms with Crippen molar-refractivity contribution in [2.24, 2.45) is 5.73 Å². The van der Waals surface area contributed by atoms with Gasteiger partial charge >= 0.3 is 0 Å². The van der Waals surface area contributed by atoms with Crippen molar-refractivity contribution in [2.45, 2.75) is 19.8 Å². The Morgan fingerprint density at radius 1 is 1.60 bits per heavy atom. The number of carbonyl (C=O) groups is 1. The summed E-state index contributed by atoms with van der Waals surface area (Å²) in [6, 6.07) is 3.83. The second-order valence-electron chi connectivity index (χ2n) is 3.26. The molecule has 0 unspecified atom stereocenters. The number of aryl methyl sites for hydroxylation is 1. The van der Waals surface area contributed by atoms with Crippen LogP contribution in [0.2, 0.25) is 0 Å². The smallest absolute Gasteiger partial charge is 0.217 e. The van der Waals surface area contributed by atoms with E-state index in [1.165, 1.54) is 0 Å². The number of hydrogen-bond donors (Lipinski definition) is 2. The summed E-state index contributed by atoms with van der Waals surface area (Å²) in [5.74, 6) is 0.553. The van der Waals surface area contributed by atoms with E-state index in [9.17, 15) is 4.79 Å². The molecule has 5 heteroatoms. The molecule has 0 atom stereocenters. The zero-order chi connectivity index (χ0) is 11.3. The molecule has 0 bridgehead atoms. The van der Waals surface area contributed by atoms with E-state index in [1.807, 2.05) is 19.1 Å². The number of rotatable bonds is 5. The molecule has 1 aromatic rings. The van der Waals surface area contributed by atoms with Crippen molar-refractivity contribution < 1.29 is 4.79 Å². The van der Waals surface area contributed by atoms with Crippen LogP contribution in [-0.2, 0) is 4.79 Å². The molecule has 0 saturated heterocycles. The summed E-state index contributed by atoms with van der Waals surface area (Å²) in [5.41, 5.74) is 5.97. The maximum Gasteiger partial charge on any atom is 0.217 e. The summed E-state index contributed by atoms with van der Waals surface area (Å²) >= 11 is 3.38. The van der Waals surface area contributed by atoms with Crippen molar-refractivity contribution >= 4 is 27.7 Å². The maximum atomic E-state index is 10.5. The molecule has 3 N–H and O–H groups in total. The van der Waals surface area contributed by atoms with Crippen LogP contribution in [0.5, 0.6) is 0 Å². The van der Waals surface area contributed by atoms with Crippen LogP contribution in [0.3, 0.4) is 0 Å². The second kappa shape index (κ2) is 5.70. The van der Waals surface area contributed by atoms with Gasteiger partial charge in [-0.05, 0) is 41.4 Å². The number of anilines is 1. The van der Waals surface area contributed by atoms with Crippen molar-refractivity contribution in [3.05, 3.63) is 22.3 Å². The Morgan fingerprint density at radius 2 is 2.33 bits per heavy atom. The topological polar surface area (TPSA) is 68.0 Å². The van der Waals surface area contributed by atoms with Crippen LogP contribution in [0.25, 0.3) is 0 Å². The first kappa shape index (κ1) is 12.0. The molecule has 0 radical (unpaired) electrons. The number of nitrogens with one attached hydrogen (secondary N) is 1. The van der Waals surface area contributed by atoms with Crippen LogP contribution < -0.4 is 11.1 Å². The number of aromatic nitrogens is 1. The van der Waals surface area contributed by atoms with Gasteiger partial charge in [-0.1, -0.05) is 0 Å². The van der Waals surface area contributed by atoms with E-state index in [0.29, 0.717) is 13.0 Å². The largest absolute Gasteiger partial charge is 0.370 e. The van der Waals surface area contributed by atoms with Crippen molar-refractivity contribution in [1.82, 2.24) is 4.98 Å². The fraction of sp³-hybridized carbons (Fsp3) is 0.400. The molecule has 1 rings (SSSR count). The monoisotopic (exact) mass is 271 g/mol. The van der Waals surface area contributed by atoms with E-state index in [2.05, 4.69) is 26.2 Å². The summed E-state index contributed by atoms with van der Waals surface area (Å²) < 4.78 is 0.991. The molecule has 1 heterocycles. The summed E-state index contributed by atoms with van der Waals surface area (Å²) in [7, 11) is 0. The molecule has 0 aliphatic rings. The van der Waals surface area contributed by atoms with Gasteiger partial charge in [-0.15, -0.1) is 0 Å². The highest BCUT2D eigenvalue weighted by Crippen LogP contribution is 2.15. The lowest BCUT2D eigenvalue weighted by molar-refractivity contribution is -0.118. The van der Waals surface area contributed by atoms with Crippen LogP contribution in [0.1, 0.15) is 18.5 Å². The van der Waals surface area contributed by atoms with E-state index < -0.39 is 0 Å². The zero-order valence-electron chi connectivity index (χ0n) is 8.59. The SMILES string of the molecule is Cc1nc(NCCCC(N)=O)ccc1Br. The Kier molecular flexibility index (Phi) is 4.55. The quantitative estimate of drug-likeness (QED) is 0.803. The average molecular weight is 272 g/mol. The minimum atomic E-state index is -0.267. The predicted octanol–water partition coefficient (Wildman–Crippen LogP) is 1.83. The average Bonchev–Trinajstić information content (AvgIpc) is 2.18. The normalized spacial score (nSPS) is 10.0. The molecule has 0 spiro atoms. The van der Waals surface area contributed by atoms with Crippen LogP contribution in [0, 0.1) is 6.92 Å². The molecule has 0 aliphatic carbocycles. The highest BCUT2D eigenvalue weighted by atomic mass is 79.9. The van der Waals surface area contributed by atoms with E-state index in [-0.39, 0.29) is 5.91 Å². The minimum absolute atomic E-state index is 0.267. The molecule has 4 nitrogen and oxygen atoms in total. The summed E-state index contributed by atoms with van der Waals surface area (Å²) in [5, 5.41) is 3.13. The Hall–Kier alpha value is -1.10. The van der Waals surface area contributed by atoms with Gasteiger partial charge in [0.15, 0.2) is 0 Å². The number of amides is 1. The number of halogens is 1. The van der Waals surface area contributed by atoms with E-state index in [1.54, 1.807) is 0 Å². The number of nitrogens with two attached hydrogens (primary N) is 1. The van der Waals surface area contributed by atoms with Gasteiger partial charge in [-0.3, -0.25) is 4.79 Å². The molecule has 0 aromatic carbocycles. The Bertz CT molecular complexity index is 355. The van der Waals surface area contributed by atoms with Crippen molar-refractivity contribution in [3.63, 3.8) is 0 Å². The van der Waals surface area contributed by atoms with Crippen LogP contribution in [-0.4, -0.2) is 17.4 Å². The van der Waals surface area contributed by atoms with Crippen molar-refractivity contribution in [3.8, 4) is 0 Å². The van der Waals surface area contributed by atoms with E-state index in [4.69, 9.17) is 5.73 Å². The zero-order valence-corrected chi connectivity index (χ0v) is 10.2. The third-order valence-electron chi connectivity index (χ3n) is 1.93. The molecule has 82 valence electrons. The maximum absolute atomic E-state index is 10.5. The molecule has 0 saturated carbocycles. The second-order valence-corrected chi connectivity index (χ2v) is 4.11. The van der Waals surface area contributed by atoms with Gasteiger partial charge < -0.3 is 11.1 Å². The van der Waals surface area contributed by atoms with E-state index in [0.717, 1.165) is 22.4 Å². The third kappa shape index (κ3) is 4.29. The fourth-order valence-electron chi connectivity index (χ4n) is 1.12. The number of pyridine rings is 1. The van der Waals surface area contributed by atoms with Gasteiger partial charge in [0, 0.05) is 17.4 Å². The highest BCUT2D eigenvalue weighted by Gasteiger charge is 1.99. The van der Waals surface area contributed by atoms with E-state index >= 15 is 0 Å². The van der Waals surface area contributed by atoms with Gasteiger partial charge in [0.1, 0.15) is 5.82 Å². The molecule has 1 amide bonds. The Balaban J connectivity index is 2.38. The van der Waals surface area contributed by atoms with Gasteiger partial charge in [0.25, 0.3) is 0 Å². The van der Waals surface area contributed by atoms with Crippen molar-refractivity contribution in [2.75, 3.05) is 11.9 Å². The number of hydrogen-bond acceptors (Lipinski definition) is 3. The molecular formula is C10H14BrN3O. The molecule has 0 aliphatic heterocycles. The minimum Gasteiger partial charge on any atom is -0.370 e. The lowest BCUT2D eigenvalue weighted by atomic mass is 10.3. The van der Waals surface area contributed by atoms with Gasteiger partial charge in [0.05, 0.1) is 5.69 Å². The molecule has 0 fully saturated rings. The first-order chi connectivity index (χ1) is 7.09. The van der Waals surface area contributed by atoms with Gasteiger partial charge in [-0.25, -0.2) is 4.98 Å². The number of carbonyl (C=O) groups excluding carboxylic acids is 1. The Labute approximate surface area is 97.4 Å². The fourth-order valence-corrected chi connectivity index (χ4v) is 1.34. The van der Waals surface area contributed by atoms with Gasteiger partial charge in [0.2, 0.25) is 5.91 Å². The highest BCUT2D eigenvalue weighted by molar-refractivity contribution is 9.10. The lowest BCUT2D eigenvalue weighted by Gasteiger charge is -2.06. The predicted molar refractivity (Wildman–Crippen MR) is 63.6 cm³/mol. The molecular weight excluding hydrogens is 258 g/mol. The lowest BCUT2D eigenvalue weighted by Crippen LogP contribution is -2.13. The van der Waals surface area contributed by atoms with Crippen LogP contribution in [0.15, 0.2) is 16.6 Å². The molecule has 1 aromatic heterocycles. The van der Waals surface area contributed by atoms with Crippen molar-refractivity contribution in [1.29, 1.82) is 0 Å². The van der Waals surface area contributed by atoms with Crippen LogP contribution in [0.4, 0.5) is 5.82 Å². The standard InChI is InChI=1S/C10H14BrN3O/c1-7-8(11)4-5-10(14-7)13-6-2-3-9(12)15/h4-5H,2-3,6H2,1H3,(H2,12,15)(H,13,14). The number of nitrogens with zero attached hydrogens (tertiary/aromatic N) is 1.